The van der Waals surface area contributed by atoms with Gasteiger partial charge in [0.25, 0.3) is 0 Å². The average Bonchev–Trinajstić information content (AvgIpc) is 3.19. The fourth-order valence-corrected chi connectivity index (χ4v) is 4.21. The Morgan fingerprint density at radius 1 is 1.06 bits per heavy atom. The van der Waals surface area contributed by atoms with E-state index in [0.29, 0.717) is 22.3 Å². The maximum atomic E-state index is 12.7. The van der Waals surface area contributed by atoms with Crippen molar-refractivity contribution in [3.63, 3.8) is 0 Å². The van der Waals surface area contributed by atoms with E-state index >= 15 is 0 Å². The topological polar surface area (TPSA) is 93.4 Å². The number of amides is 2. The van der Waals surface area contributed by atoms with Crippen LogP contribution in [-0.2, 0) is 0 Å². The second kappa shape index (κ2) is 9.60. The number of hydrogen-bond acceptors (Lipinski definition) is 5. The van der Waals surface area contributed by atoms with Crippen LogP contribution in [-0.4, -0.2) is 40.2 Å². The Labute approximate surface area is 207 Å². The van der Waals surface area contributed by atoms with Crippen molar-refractivity contribution >= 4 is 29.0 Å². The molecule has 2 heterocycles. The van der Waals surface area contributed by atoms with Gasteiger partial charge in [-0.1, -0.05) is 48.0 Å². The Kier molecular flexibility index (Phi) is 6.20. The van der Waals surface area contributed by atoms with Crippen LogP contribution < -0.4 is 15.4 Å². The smallest absolute Gasteiger partial charge is 0.319 e. The number of methoxy groups -OCH3 is 1. The van der Waals surface area contributed by atoms with Crippen molar-refractivity contribution in [2.45, 2.75) is 13.0 Å². The van der Waals surface area contributed by atoms with Crippen LogP contribution in [0.5, 0.6) is 5.75 Å². The number of urea groups is 1. The van der Waals surface area contributed by atoms with Crippen LogP contribution in [0.1, 0.15) is 28.8 Å². The van der Waals surface area contributed by atoms with Crippen molar-refractivity contribution in [2.75, 3.05) is 19.0 Å². The number of hydrogen-bond donors (Lipinski definition) is 2. The zero-order valence-electron chi connectivity index (χ0n) is 19.2. The van der Waals surface area contributed by atoms with Crippen LogP contribution in [0.4, 0.5) is 10.5 Å². The maximum Gasteiger partial charge on any atom is 0.319 e. The van der Waals surface area contributed by atoms with Crippen LogP contribution in [0, 0.1) is 6.92 Å². The number of aromatic nitrogens is 3. The minimum absolute atomic E-state index is 0.221. The van der Waals surface area contributed by atoms with Gasteiger partial charge in [-0.05, 0) is 37.3 Å². The van der Waals surface area contributed by atoms with Gasteiger partial charge in [-0.15, -0.1) is 10.2 Å². The first kappa shape index (κ1) is 22.6. The number of rotatable bonds is 5. The molecule has 0 fully saturated rings. The Balaban J connectivity index is 1.48. The van der Waals surface area contributed by atoms with E-state index in [1.165, 1.54) is 0 Å². The van der Waals surface area contributed by atoms with Crippen LogP contribution in [0.2, 0.25) is 5.02 Å². The molecule has 8 nitrogen and oxygen atoms in total. The molecular weight excluding hydrogens is 464 g/mol. The summed E-state index contributed by atoms with van der Waals surface area (Å²) in [6.45, 7) is 2.12. The van der Waals surface area contributed by atoms with Crippen molar-refractivity contribution in [2.24, 2.45) is 4.99 Å². The first-order valence-corrected chi connectivity index (χ1v) is 11.5. The number of aliphatic imine (C=N–C) groups is 1. The van der Waals surface area contributed by atoms with E-state index in [-0.39, 0.29) is 12.6 Å². The van der Waals surface area contributed by atoms with E-state index < -0.39 is 6.04 Å². The fraction of sp³-hybridized carbons (Fsp3) is 0.154. The maximum absolute atomic E-state index is 12.7. The summed E-state index contributed by atoms with van der Waals surface area (Å²) < 4.78 is 7.22. The molecule has 0 saturated heterocycles. The molecule has 3 aromatic carbocycles. The highest BCUT2D eigenvalue weighted by Gasteiger charge is 2.28. The van der Waals surface area contributed by atoms with E-state index in [1.807, 2.05) is 72.2 Å². The summed E-state index contributed by atoms with van der Waals surface area (Å²) >= 11 is 6.13. The second-order valence-corrected chi connectivity index (χ2v) is 8.46. The number of carbonyl (C=O) groups is 1. The third-order valence-corrected chi connectivity index (χ3v) is 5.99. The zero-order valence-corrected chi connectivity index (χ0v) is 20.0. The van der Waals surface area contributed by atoms with E-state index in [1.54, 1.807) is 19.2 Å². The van der Waals surface area contributed by atoms with E-state index in [2.05, 4.69) is 20.8 Å². The highest BCUT2D eigenvalue weighted by Crippen LogP contribution is 2.31. The summed E-state index contributed by atoms with van der Waals surface area (Å²) in [4.78, 5) is 17.8. The average molecular weight is 487 g/mol. The lowest BCUT2D eigenvalue weighted by molar-refractivity contribution is 0.251. The molecule has 0 saturated carbocycles. The van der Waals surface area contributed by atoms with Crippen LogP contribution in [0.15, 0.2) is 77.8 Å². The zero-order chi connectivity index (χ0) is 24.4. The quantitative estimate of drug-likeness (QED) is 0.417. The van der Waals surface area contributed by atoms with Crippen molar-refractivity contribution in [3.05, 3.63) is 101 Å². The minimum atomic E-state index is -0.467. The number of benzene rings is 3. The number of nitrogens with one attached hydrogen (secondary N) is 2. The number of para-hydroxylation sites is 1. The van der Waals surface area contributed by atoms with E-state index in [9.17, 15) is 4.79 Å². The summed E-state index contributed by atoms with van der Waals surface area (Å²) in [6.07, 6.45) is 0. The van der Waals surface area contributed by atoms with Crippen molar-refractivity contribution in [3.8, 4) is 11.4 Å². The number of anilines is 1. The van der Waals surface area contributed by atoms with Crippen LogP contribution in [0.3, 0.4) is 0 Å². The lowest BCUT2D eigenvalue weighted by atomic mass is 10.0. The summed E-state index contributed by atoms with van der Waals surface area (Å²) in [7, 11) is 1.58. The second-order valence-electron chi connectivity index (χ2n) is 8.03. The lowest BCUT2D eigenvalue weighted by Gasteiger charge is -2.14. The van der Waals surface area contributed by atoms with Gasteiger partial charge in [0.15, 0.2) is 5.82 Å². The van der Waals surface area contributed by atoms with E-state index in [0.717, 1.165) is 28.4 Å². The molecule has 1 atom stereocenters. The molecule has 1 aromatic heterocycles. The van der Waals surface area contributed by atoms with Crippen molar-refractivity contribution < 1.29 is 9.53 Å². The Hall–Kier alpha value is -4.17. The Morgan fingerprint density at radius 2 is 1.86 bits per heavy atom. The van der Waals surface area contributed by atoms with Gasteiger partial charge in [0, 0.05) is 34.4 Å². The van der Waals surface area contributed by atoms with Gasteiger partial charge < -0.3 is 15.4 Å². The summed E-state index contributed by atoms with van der Waals surface area (Å²) in [5.41, 5.74) is 4.22. The fourth-order valence-electron chi connectivity index (χ4n) is 4.08. The monoisotopic (exact) mass is 486 g/mol. The SMILES string of the molecule is COc1cccc(NC(=O)NCC2N=C(c3ccc(Cl)cc3)c3ccccc3-n3c(C)nnc32)c1. The van der Waals surface area contributed by atoms with Gasteiger partial charge in [-0.25, -0.2) is 4.79 Å². The summed E-state index contributed by atoms with van der Waals surface area (Å²) in [5.74, 6) is 2.05. The molecule has 2 N–H and O–H groups in total. The minimum Gasteiger partial charge on any atom is -0.497 e. The lowest BCUT2D eigenvalue weighted by Crippen LogP contribution is -2.32. The molecule has 0 aliphatic carbocycles. The number of nitrogens with zero attached hydrogens (tertiary/aromatic N) is 4. The van der Waals surface area contributed by atoms with Crippen LogP contribution in [0.25, 0.3) is 5.69 Å². The molecule has 5 rings (SSSR count). The summed E-state index contributed by atoms with van der Waals surface area (Å²) in [6, 6.07) is 21.9. The molecule has 0 radical (unpaired) electrons. The number of fused-ring (bicyclic) bond motifs is 3. The predicted molar refractivity (Wildman–Crippen MR) is 136 cm³/mol. The molecule has 9 heteroatoms. The highest BCUT2D eigenvalue weighted by molar-refractivity contribution is 6.30. The van der Waals surface area contributed by atoms with Gasteiger partial charge in [-0.3, -0.25) is 9.56 Å². The third kappa shape index (κ3) is 4.61. The van der Waals surface area contributed by atoms with Gasteiger partial charge in [0.05, 0.1) is 18.5 Å². The summed E-state index contributed by atoms with van der Waals surface area (Å²) in [5, 5.41) is 15.1. The Morgan fingerprint density at radius 3 is 2.66 bits per heavy atom. The standard InChI is InChI=1S/C26H23ClN6O2/c1-16-31-32-25-22(15-28-26(34)29-19-6-5-7-20(14-19)35-2)30-24(17-10-12-18(27)13-11-17)21-8-3-4-9-23(21)33(16)25/h3-14,22H,15H2,1-2H3,(H2,28,29,34). The van der Waals surface area contributed by atoms with Gasteiger partial charge in [0.2, 0.25) is 0 Å². The predicted octanol–water partition coefficient (Wildman–Crippen LogP) is 4.95. The normalized spacial score (nSPS) is 14.3. The third-order valence-electron chi connectivity index (χ3n) is 5.73. The molecule has 0 spiro atoms. The molecule has 4 aromatic rings. The number of carbonyl (C=O) groups excluding carboxylic acids is 1. The first-order valence-electron chi connectivity index (χ1n) is 11.1. The number of halogens is 1. The van der Waals surface area contributed by atoms with Gasteiger partial charge in [-0.2, -0.15) is 0 Å². The molecule has 2 amide bonds. The molecule has 176 valence electrons. The molecule has 1 aliphatic rings. The number of ether oxygens (including phenoxy) is 1. The van der Waals surface area contributed by atoms with Gasteiger partial charge in [0.1, 0.15) is 17.6 Å². The Bertz CT molecular complexity index is 1410. The van der Waals surface area contributed by atoms with Crippen molar-refractivity contribution in [1.29, 1.82) is 0 Å². The molecule has 1 unspecified atom stereocenters. The molecule has 1 aliphatic heterocycles. The number of aryl methyl sites for hydroxylation is 1. The first-order chi connectivity index (χ1) is 17.0. The molecule has 0 bridgehead atoms. The van der Waals surface area contributed by atoms with E-state index in [4.69, 9.17) is 21.3 Å². The van der Waals surface area contributed by atoms with Gasteiger partial charge >= 0.3 is 6.03 Å². The highest BCUT2D eigenvalue weighted by atomic mass is 35.5. The molecule has 35 heavy (non-hydrogen) atoms. The van der Waals surface area contributed by atoms with Crippen molar-refractivity contribution in [1.82, 2.24) is 20.1 Å². The largest absolute Gasteiger partial charge is 0.497 e. The van der Waals surface area contributed by atoms with Crippen LogP contribution >= 0.6 is 11.6 Å². The molecular formula is C26H23ClN6O2.